The van der Waals surface area contributed by atoms with Crippen molar-refractivity contribution in [1.82, 2.24) is 4.90 Å². The third kappa shape index (κ3) is 4.76. The average molecular weight is 344 g/mol. The summed E-state index contributed by atoms with van der Waals surface area (Å²) in [5, 5.41) is 2.94. The van der Waals surface area contributed by atoms with Gasteiger partial charge in [0.05, 0.1) is 18.8 Å². The predicted molar refractivity (Wildman–Crippen MR) is 101 cm³/mol. The van der Waals surface area contributed by atoms with Crippen molar-refractivity contribution in [3.63, 3.8) is 0 Å². The molecule has 0 aliphatic heterocycles. The van der Waals surface area contributed by atoms with Crippen LogP contribution < -0.4 is 10.1 Å². The number of hydrogen-bond donors (Lipinski definition) is 1. The van der Waals surface area contributed by atoms with Crippen molar-refractivity contribution >= 4 is 23.4 Å². The highest BCUT2D eigenvalue weighted by Crippen LogP contribution is 2.23. The van der Waals surface area contributed by atoms with Crippen molar-refractivity contribution in [3.8, 4) is 5.75 Å². The summed E-state index contributed by atoms with van der Waals surface area (Å²) in [6.45, 7) is 2.62. The molecule has 128 valence electrons. The zero-order chi connectivity index (χ0) is 17.5. The Labute approximate surface area is 148 Å². The maximum Gasteiger partial charge on any atom is 0.241 e. The Bertz CT molecular complexity index is 673. The number of carbonyl (C=O) groups excluding carboxylic acids is 1. The number of carbonyl (C=O) groups is 1. The Morgan fingerprint density at radius 2 is 1.88 bits per heavy atom. The third-order valence-corrected chi connectivity index (χ3v) is 4.74. The summed E-state index contributed by atoms with van der Waals surface area (Å²) in [6, 6.07) is 15.6. The van der Waals surface area contributed by atoms with E-state index in [1.165, 1.54) is 10.5 Å². The second-order valence-electron chi connectivity index (χ2n) is 5.63. The van der Waals surface area contributed by atoms with Crippen LogP contribution in [0, 0.1) is 0 Å². The molecule has 0 heterocycles. The summed E-state index contributed by atoms with van der Waals surface area (Å²) in [4.78, 5) is 15.8. The summed E-state index contributed by atoms with van der Waals surface area (Å²) >= 11 is 1.72. The first-order chi connectivity index (χ1) is 11.5. The molecule has 0 aromatic heterocycles. The van der Waals surface area contributed by atoms with E-state index in [9.17, 15) is 4.79 Å². The van der Waals surface area contributed by atoms with Gasteiger partial charge in [0, 0.05) is 11.4 Å². The normalized spacial score (nSPS) is 12.0. The van der Waals surface area contributed by atoms with E-state index in [1.807, 2.05) is 43.1 Å². The molecule has 0 radical (unpaired) electrons. The number of nitrogens with one attached hydrogen (secondary N) is 1. The number of para-hydroxylation sites is 2. The van der Waals surface area contributed by atoms with Crippen LogP contribution in [0.2, 0.25) is 0 Å². The lowest BCUT2D eigenvalue weighted by molar-refractivity contribution is -0.120. The summed E-state index contributed by atoms with van der Waals surface area (Å²) in [6.07, 6.45) is 2.06. The number of thioether (sulfide) groups is 1. The maximum absolute atomic E-state index is 12.5. The van der Waals surface area contributed by atoms with Gasteiger partial charge in [0.25, 0.3) is 0 Å². The quantitative estimate of drug-likeness (QED) is 0.774. The summed E-state index contributed by atoms with van der Waals surface area (Å²) in [5.74, 6) is 0.607. The van der Waals surface area contributed by atoms with E-state index in [4.69, 9.17) is 4.74 Å². The lowest BCUT2D eigenvalue weighted by atomic mass is 10.2. The van der Waals surface area contributed by atoms with Gasteiger partial charge in [-0.2, -0.15) is 0 Å². The van der Waals surface area contributed by atoms with Crippen LogP contribution in [0.15, 0.2) is 53.4 Å². The van der Waals surface area contributed by atoms with Gasteiger partial charge in [-0.1, -0.05) is 24.3 Å². The molecule has 0 saturated heterocycles. The summed E-state index contributed by atoms with van der Waals surface area (Å²) in [5.41, 5.74) is 1.88. The van der Waals surface area contributed by atoms with Crippen molar-refractivity contribution in [2.45, 2.75) is 24.4 Å². The minimum absolute atomic E-state index is 0.0530. The van der Waals surface area contributed by atoms with Gasteiger partial charge in [-0.15, -0.1) is 11.8 Å². The van der Waals surface area contributed by atoms with Crippen LogP contribution in [0.25, 0.3) is 0 Å². The van der Waals surface area contributed by atoms with E-state index in [0.29, 0.717) is 11.4 Å². The second kappa shape index (κ2) is 8.76. The first kappa shape index (κ1) is 18.4. The third-order valence-electron chi connectivity index (χ3n) is 4.00. The molecule has 2 aromatic carbocycles. The molecule has 0 fully saturated rings. The molecule has 1 amide bonds. The molecule has 4 nitrogen and oxygen atoms in total. The summed E-state index contributed by atoms with van der Waals surface area (Å²) < 4.78 is 5.27. The van der Waals surface area contributed by atoms with E-state index >= 15 is 0 Å². The molecule has 1 N–H and O–H groups in total. The zero-order valence-electron chi connectivity index (χ0n) is 14.6. The van der Waals surface area contributed by atoms with Crippen LogP contribution >= 0.6 is 11.8 Å². The van der Waals surface area contributed by atoms with E-state index in [-0.39, 0.29) is 11.9 Å². The fourth-order valence-corrected chi connectivity index (χ4v) is 2.75. The van der Waals surface area contributed by atoms with Crippen LogP contribution in [-0.2, 0) is 11.3 Å². The average Bonchev–Trinajstić information content (AvgIpc) is 2.62. The van der Waals surface area contributed by atoms with Gasteiger partial charge in [0.1, 0.15) is 5.75 Å². The monoisotopic (exact) mass is 344 g/mol. The molecule has 0 aliphatic rings. The zero-order valence-corrected chi connectivity index (χ0v) is 15.4. The highest BCUT2D eigenvalue weighted by atomic mass is 32.2. The fraction of sp³-hybridized carbons (Fsp3) is 0.316. The second-order valence-corrected chi connectivity index (χ2v) is 6.51. The highest BCUT2D eigenvalue weighted by molar-refractivity contribution is 7.98. The number of rotatable bonds is 7. The number of methoxy groups -OCH3 is 1. The molecule has 0 bridgehead atoms. The Balaban J connectivity index is 1.98. The Kier molecular flexibility index (Phi) is 6.70. The molecule has 0 saturated carbocycles. The number of likely N-dealkylation sites (N-methyl/N-ethyl adjacent to an activating group) is 1. The first-order valence-corrected chi connectivity index (χ1v) is 9.04. The minimum atomic E-state index is -0.255. The smallest absolute Gasteiger partial charge is 0.241 e. The lowest BCUT2D eigenvalue weighted by Gasteiger charge is -2.24. The first-order valence-electron chi connectivity index (χ1n) is 7.82. The molecule has 0 unspecified atom stereocenters. The fourth-order valence-electron chi connectivity index (χ4n) is 2.34. The van der Waals surface area contributed by atoms with Gasteiger partial charge in [0.15, 0.2) is 0 Å². The topological polar surface area (TPSA) is 41.6 Å². The van der Waals surface area contributed by atoms with E-state index in [2.05, 4.69) is 35.8 Å². The summed E-state index contributed by atoms with van der Waals surface area (Å²) in [7, 11) is 3.55. The molecule has 0 spiro atoms. The van der Waals surface area contributed by atoms with Crippen molar-refractivity contribution < 1.29 is 9.53 Å². The maximum atomic E-state index is 12.5. The number of benzene rings is 2. The molecule has 0 aliphatic carbocycles. The Morgan fingerprint density at radius 3 is 2.50 bits per heavy atom. The Hall–Kier alpha value is -1.98. The van der Waals surface area contributed by atoms with Gasteiger partial charge in [-0.3, -0.25) is 9.69 Å². The standard InChI is InChI=1S/C19H24N2O2S/c1-14(19(22)20-17-7-5-6-8-18(17)23-3)21(2)13-15-9-11-16(24-4)12-10-15/h5-12,14H,13H2,1-4H3,(H,20,22)/t14-/m0/s1. The number of anilines is 1. The van der Waals surface area contributed by atoms with E-state index in [1.54, 1.807) is 18.9 Å². The molecule has 2 aromatic rings. The van der Waals surface area contributed by atoms with Crippen LogP contribution in [-0.4, -0.2) is 37.3 Å². The van der Waals surface area contributed by atoms with Gasteiger partial charge < -0.3 is 10.1 Å². The van der Waals surface area contributed by atoms with E-state index < -0.39 is 0 Å². The van der Waals surface area contributed by atoms with Crippen molar-refractivity contribution in [1.29, 1.82) is 0 Å². The van der Waals surface area contributed by atoms with Crippen molar-refractivity contribution in [3.05, 3.63) is 54.1 Å². The van der Waals surface area contributed by atoms with E-state index in [0.717, 1.165) is 6.54 Å². The van der Waals surface area contributed by atoms with Crippen LogP contribution in [0.1, 0.15) is 12.5 Å². The number of ether oxygens (including phenoxy) is 1. The molecule has 5 heteroatoms. The van der Waals surface area contributed by atoms with Crippen molar-refractivity contribution in [2.24, 2.45) is 0 Å². The van der Waals surface area contributed by atoms with Gasteiger partial charge in [0.2, 0.25) is 5.91 Å². The largest absolute Gasteiger partial charge is 0.495 e. The minimum Gasteiger partial charge on any atom is -0.495 e. The van der Waals surface area contributed by atoms with Gasteiger partial charge >= 0.3 is 0 Å². The van der Waals surface area contributed by atoms with Crippen LogP contribution in [0.3, 0.4) is 0 Å². The van der Waals surface area contributed by atoms with Gasteiger partial charge in [-0.25, -0.2) is 0 Å². The molecular formula is C19H24N2O2S. The molecule has 1 atom stereocenters. The van der Waals surface area contributed by atoms with Gasteiger partial charge in [-0.05, 0) is 50.1 Å². The molecule has 24 heavy (non-hydrogen) atoms. The van der Waals surface area contributed by atoms with Crippen LogP contribution in [0.4, 0.5) is 5.69 Å². The molecule has 2 rings (SSSR count). The SMILES string of the molecule is COc1ccccc1NC(=O)[C@H](C)N(C)Cc1ccc(SC)cc1. The number of nitrogens with zero attached hydrogens (tertiary/aromatic N) is 1. The highest BCUT2D eigenvalue weighted by Gasteiger charge is 2.19. The Morgan fingerprint density at radius 1 is 1.21 bits per heavy atom. The number of amides is 1. The number of hydrogen-bond acceptors (Lipinski definition) is 4. The predicted octanol–water partition coefficient (Wildman–Crippen LogP) is 3.88. The van der Waals surface area contributed by atoms with Crippen LogP contribution in [0.5, 0.6) is 5.75 Å². The molecular weight excluding hydrogens is 320 g/mol. The lowest BCUT2D eigenvalue weighted by Crippen LogP contribution is -2.39. The van der Waals surface area contributed by atoms with Crippen molar-refractivity contribution in [2.75, 3.05) is 25.7 Å².